The maximum absolute atomic E-state index is 11.5. The Bertz CT molecular complexity index is 242. The fourth-order valence-corrected chi connectivity index (χ4v) is 1.54. The van der Waals surface area contributed by atoms with E-state index < -0.39 is 0 Å². The normalized spacial score (nSPS) is 10.9. The van der Waals surface area contributed by atoms with Gasteiger partial charge in [0.2, 0.25) is 5.12 Å². The summed E-state index contributed by atoms with van der Waals surface area (Å²) in [5, 5.41) is 0.0556. The summed E-state index contributed by atoms with van der Waals surface area (Å²) in [6.45, 7) is 10.0. The number of carbonyl (C=O) groups is 1. The Hall–Kier alpha value is -0.800. The highest BCUT2D eigenvalue weighted by molar-refractivity contribution is 8.14. The Morgan fingerprint density at radius 1 is 1.44 bits per heavy atom. The van der Waals surface area contributed by atoms with Crippen molar-refractivity contribution in [2.24, 2.45) is 0 Å². The molecule has 2 nitrogen and oxygen atoms in total. The van der Waals surface area contributed by atoms with Crippen LogP contribution in [0.3, 0.4) is 0 Å². The minimum atomic E-state index is 0.0556. The lowest BCUT2D eigenvalue weighted by molar-refractivity contribution is -0.107. The molecule has 0 radical (unpaired) electrons. The molecule has 0 unspecified atom stereocenters. The second-order valence-corrected chi connectivity index (χ2v) is 3.55. The van der Waals surface area contributed by atoms with Crippen LogP contribution in [-0.4, -0.2) is 24.6 Å². The molecule has 0 bridgehead atoms. The molecular weight excluding hydrogens is 220 g/mol. The zero-order valence-electron chi connectivity index (χ0n) is 10.7. The SMILES string of the molecule is C=C/C=C(\C=C/C)C(=O)SCCOC.CC. The molecule has 0 aromatic rings. The van der Waals surface area contributed by atoms with E-state index in [4.69, 9.17) is 4.74 Å². The van der Waals surface area contributed by atoms with Gasteiger partial charge in [-0.2, -0.15) is 0 Å². The summed E-state index contributed by atoms with van der Waals surface area (Å²) in [6.07, 6.45) is 6.94. The largest absolute Gasteiger partial charge is 0.384 e. The molecule has 0 saturated carbocycles. The molecule has 0 heterocycles. The van der Waals surface area contributed by atoms with Crippen LogP contribution in [0.1, 0.15) is 20.8 Å². The molecule has 0 rings (SSSR count). The van der Waals surface area contributed by atoms with Gasteiger partial charge in [-0.1, -0.05) is 56.5 Å². The van der Waals surface area contributed by atoms with Gasteiger partial charge in [0.05, 0.1) is 6.61 Å². The maximum atomic E-state index is 11.5. The Morgan fingerprint density at radius 2 is 2.06 bits per heavy atom. The van der Waals surface area contributed by atoms with Gasteiger partial charge in [-0.05, 0) is 6.92 Å². The molecule has 0 atom stereocenters. The van der Waals surface area contributed by atoms with Crippen LogP contribution in [0.4, 0.5) is 0 Å². The first-order valence-corrected chi connectivity index (χ1v) is 6.36. The fourth-order valence-electron chi connectivity index (χ4n) is 0.799. The van der Waals surface area contributed by atoms with E-state index in [1.54, 1.807) is 25.3 Å². The lowest BCUT2D eigenvalue weighted by Crippen LogP contribution is -2.00. The van der Waals surface area contributed by atoms with Crippen molar-refractivity contribution in [3.8, 4) is 0 Å². The van der Waals surface area contributed by atoms with Gasteiger partial charge in [-0.15, -0.1) is 0 Å². The molecule has 0 amide bonds. The zero-order valence-corrected chi connectivity index (χ0v) is 11.5. The van der Waals surface area contributed by atoms with Gasteiger partial charge in [0.25, 0.3) is 0 Å². The van der Waals surface area contributed by atoms with E-state index in [0.29, 0.717) is 17.9 Å². The molecule has 0 aliphatic carbocycles. The fraction of sp³-hybridized carbons (Fsp3) is 0.462. The minimum absolute atomic E-state index is 0.0556. The van der Waals surface area contributed by atoms with E-state index in [0.717, 1.165) is 0 Å². The highest BCUT2D eigenvalue weighted by Gasteiger charge is 2.05. The summed E-state index contributed by atoms with van der Waals surface area (Å²) in [4.78, 5) is 11.5. The second kappa shape index (κ2) is 14.2. The minimum Gasteiger partial charge on any atom is -0.384 e. The van der Waals surface area contributed by atoms with Gasteiger partial charge in [-0.25, -0.2) is 0 Å². The average molecular weight is 242 g/mol. The summed E-state index contributed by atoms with van der Waals surface area (Å²) < 4.78 is 4.86. The Kier molecular flexibility index (Phi) is 15.6. The third-order valence-corrected chi connectivity index (χ3v) is 2.27. The Balaban J connectivity index is 0. The van der Waals surface area contributed by atoms with Crippen molar-refractivity contribution in [1.29, 1.82) is 0 Å². The van der Waals surface area contributed by atoms with Crippen molar-refractivity contribution >= 4 is 16.9 Å². The third kappa shape index (κ3) is 9.74. The molecular formula is C13H22O2S. The number of methoxy groups -OCH3 is 1. The van der Waals surface area contributed by atoms with Gasteiger partial charge >= 0.3 is 0 Å². The number of hydrogen-bond donors (Lipinski definition) is 0. The van der Waals surface area contributed by atoms with Crippen molar-refractivity contribution < 1.29 is 9.53 Å². The molecule has 92 valence electrons. The summed E-state index contributed by atoms with van der Waals surface area (Å²) in [5.41, 5.74) is 0.670. The number of rotatable bonds is 6. The average Bonchev–Trinajstić information content (AvgIpc) is 2.31. The van der Waals surface area contributed by atoms with Crippen LogP contribution in [0.15, 0.2) is 36.5 Å². The number of thioether (sulfide) groups is 1. The number of carbonyl (C=O) groups excluding carboxylic acids is 1. The van der Waals surface area contributed by atoms with Crippen molar-refractivity contribution in [2.75, 3.05) is 19.5 Å². The number of hydrogen-bond acceptors (Lipinski definition) is 3. The Labute approximate surface area is 103 Å². The summed E-state index contributed by atoms with van der Waals surface area (Å²) in [7, 11) is 1.62. The number of ether oxygens (including phenoxy) is 1. The van der Waals surface area contributed by atoms with Gasteiger partial charge in [0, 0.05) is 18.4 Å². The molecule has 0 N–H and O–H groups in total. The monoisotopic (exact) mass is 242 g/mol. The molecule has 0 saturated heterocycles. The van der Waals surface area contributed by atoms with Crippen molar-refractivity contribution in [3.05, 3.63) is 36.5 Å². The first-order valence-electron chi connectivity index (χ1n) is 5.37. The van der Waals surface area contributed by atoms with E-state index in [2.05, 4.69) is 6.58 Å². The van der Waals surface area contributed by atoms with Crippen LogP contribution in [0.5, 0.6) is 0 Å². The predicted molar refractivity (Wildman–Crippen MR) is 73.8 cm³/mol. The van der Waals surface area contributed by atoms with E-state index in [1.165, 1.54) is 11.8 Å². The van der Waals surface area contributed by atoms with Crippen LogP contribution < -0.4 is 0 Å². The molecule has 0 aromatic carbocycles. The topological polar surface area (TPSA) is 26.3 Å². The van der Waals surface area contributed by atoms with Crippen LogP contribution in [0.2, 0.25) is 0 Å². The highest BCUT2D eigenvalue weighted by atomic mass is 32.2. The van der Waals surface area contributed by atoms with Crippen LogP contribution in [-0.2, 0) is 9.53 Å². The molecule has 16 heavy (non-hydrogen) atoms. The van der Waals surface area contributed by atoms with E-state index in [1.807, 2.05) is 26.8 Å². The molecule has 0 aliphatic rings. The van der Waals surface area contributed by atoms with Crippen molar-refractivity contribution in [3.63, 3.8) is 0 Å². The molecule has 0 aromatic heterocycles. The molecule has 0 fully saturated rings. The smallest absolute Gasteiger partial charge is 0.219 e. The van der Waals surface area contributed by atoms with E-state index >= 15 is 0 Å². The van der Waals surface area contributed by atoms with Gasteiger partial charge < -0.3 is 4.74 Å². The zero-order chi connectivity index (χ0) is 12.8. The first kappa shape index (κ1) is 17.6. The van der Waals surface area contributed by atoms with Crippen molar-refractivity contribution in [1.82, 2.24) is 0 Å². The van der Waals surface area contributed by atoms with Crippen LogP contribution in [0, 0.1) is 0 Å². The quantitative estimate of drug-likeness (QED) is 0.404. The van der Waals surface area contributed by atoms with Gasteiger partial charge in [0.1, 0.15) is 0 Å². The molecule has 0 spiro atoms. The number of allylic oxidation sites excluding steroid dienone is 4. The summed E-state index contributed by atoms with van der Waals surface area (Å²) in [6, 6.07) is 0. The molecule has 0 aliphatic heterocycles. The van der Waals surface area contributed by atoms with Crippen molar-refractivity contribution in [2.45, 2.75) is 20.8 Å². The summed E-state index contributed by atoms with van der Waals surface area (Å²) in [5.74, 6) is 0.682. The van der Waals surface area contributed by atoms with Gasteiger partial charge in [0.15, 0.2) is 0 Å². The lowest BCUT2D eigenvalue weighted by atomic mass is 10.2. The standard InChI is InChI=1S/C11H16O2S.C2H6/c1-4-6-10(7-5-2)11(12)14-9-8-13-3;1-2/h4-7H,1,8-9H2,2-3H3;1-2H3/b7-5-,10-6+;. The highest BCUT2D eigenvalue weighted by Crippen LogP contribution is 2.12. The van der Waals surface area contributed by atoms with Crippen LogP contribution in [0.25, 0.3) is 0 Å². The van der Waals surface area contributed by atoms with Gasteiger partial charge in [-0.3, -0.25) is 4.79 Å². The molecule has 3 heteroatoms. The third-order valence-electron chi connectivity index (χ3n) is 1.40. The van der Waals surface area contributed by atoms with E-state index in [-0.39, 0.29) is 5.12 Å². The summed E-state index contributed by atoms with van der Waals surface area (Å²) >= 11 is 1.26. The van der Waals surface area contributed by atoms with Crippen LogP contribution >= 0.6 is 11.8 Å². The van der Waals surface area contributed by atoms with E-state index in [9.17, 15) is 4.79 Å². The predicted octanol–water partition coefficient (Wildman–Crippen LogP) is 3.61. The first-order chi connectivity index (χ1) is 7.76. The second-order valence-electron chi connectivity index (χ2n) is 2.49. The lowest BCUT2D eigenvalue weighted by Gasteiger charge is -2.00. The Morgan fingerprint density at radius 3 is 2.50 bits per heavy atom. The maximum Gasteiger partial charge on any atom is 0.219 e.